The van der Waals surface area contributed by atoms with Gasteiger partial charge in [0.2, 0.25) is 0 Å². The molecule has 140 valence electrons. The van der Waals surface area contributed by atoms with Crippen LogP contribution in [0, 0.1) is 10.1 Å². The minimum atomic E-state index is -0.405. The highest BCUT2D eigenvalue weighted by molar-refractivity contribution is 7.15. The van der Waals surface area contributed by atoms with Crippen molar-refractivity contribution in [1.29, 1.82) is 0 Å². The highest BCUT2D eigenvalue weighted by Gasteiger charge is 2.18. The molecule has 1 aliphatic heterocycles. The summed E-state index contributed by atoms with van der Waals surface area (Å²) in [5.41, 5.74) is 3.06. The number of thiazole rings is 1. The zero-order valence-electron chi connectivity index (χ0n) is 14.9. The fourth-order valence-electron chi connectivity index (χ4n) is 3.77. The molecule has 0 saturated carbocycles. The summed E-state index contributed by atoms with van der Waals surface area (Å²) in [6, 6.07) is 12.4. The summed E-state index contributed by atoms with van der Waals surface area (Å²) in [6.45, 7) is 1.84. The van der Waals surface area contributed by atoms with Gasteiger partial charge in [-0.1, -0.05) is 23.5 Å². The molecule has 3 heterocycles. The Bertz CT molecular complexity index is 1330. The van der Waals surface area contributed by atoms with Gasteiger partial charge in [-0.3, -0.25) is 14.9 Å². The summed E-state index contributed by atoms with van der Waals surface area (Å²) in [4.78, 5) is 31.2. The molecule has 0 atom stereocenters. The highest BCUT2D eigenvalue weighted by Crippen LogP contribution is 2.29. The Morgan fingerprint density at radius 1 is 1.14 bits per heavy atom. The van der Waals surface area contributed by atoms with E-state index in [9.17, 15) is 14.9 Å². The second-order valence-corrected chi connectivity index (χ2v) is 7.84. The average Bonchev–Trinajstić information content (AvgIpc) is 3.40. The number of imidazole rings is 1. The molecule has 1 aliphatic rings. The van der Waals surface area contributed by atoms with Gasteiger partial charge < -0.3 is 4.90 Å². The lowest BCUT2D eigenvalue weighted by Gasteiger charge is -2.19. The van der Waals surface area contributed by atoms with Crippen molar-refractivity contribution >= 4 is 44.8 Å². The van der Waals surface area contributed by atoms with Crippen LogP contribution in [-0.2, 0) is 0 Å². The molecule has 0 radical (unpaired) electrons. The smallest absolute Gasteiger partial charge is 0.274 e. The third-order valence-electron chi connectivity index (χ3n) is 5.10. The summed E-state index contributed by atoms with van der Waals surface area (Å²) in [7, 11) is 0. The topological polar surface area (TPSA) is 80.8 Å². The van der Waals surface area contributed by atoms with Gasteiger partial charge in [0.25, 0.3) is 11.2 Å². The predicted molar refractivity (Wildman–Crippen MR) is 110 cm³/mol. The van der Waals surface area contributed by atoms with Gasteiger partial charge in [0, 0.05) is 36.5 Å². The van der Waals surface area contributed by atoms with E-state index in [0.29, 0.717) is 15.1 Å². The van der Waals surface area contributed by atoms with Gasteiger partial charge in [-0.2, -0.15) is 0 Å². The van der Waals surface area contributed by atoms with Gasteiger partial charge in [0.15, 0.2) is 4.96 Å². The quantitative estimate of drug-likeness (QED) is 0.396. The van der Waals surface area contributed by atoms with Gasteiger partial charge in [-0.15, -0.1) is 0 Å². The first kappa shape index (κ1) is 16.9. The first-order valence-electron chi connectivity index (χ1n) is 9.07. The largest absolute Gasteiger partial charge is 0.371 e. The Balaban J connectivity index is 1.73. The molecule has 7 nitrogen and oxygen atoms in total. The summed E-state index contributed by atoms with van der Waals surface area (Å²) in [6.07, 6.45) is 3.96. The number of hydrogen-bond donors (Lipinski definition) is 0. The number of nitro groups is 1. The number of nitro benzene ring substituents is 1. The highest BCUT2D eigenvalue weighted by atomic mass is 32.1. The van der Waals surface area contributed by atoms with Crippen LogP contribution in [0.2, 0.25) is 0 Å². The fraction of sp³-hybridized carbons (Fsp3) is 0.200. The van der Waals surface area contributed by atoms with Crippen LogP contribution in [0.15, 0.2) is 47.3 Å². The Morgan fingerprint density at radius 3 is 2.71 bits per heavy atom. The fourth-order valence-corrected chi connectivity index (χ4v) is 4.75. The van der Waals surface area contributed by atoms with Gasteiger partial charge in [-0.05, 0) is 37.1 Å². The van der Waals surface area contributed by atoms with Crippen molar-refractivity contribution in [3.63, 3.8) is 0 Å². The first-order chi connectivity index (χ1) is 13.6. The molecule has 28 heavy (non-hydrogen) atoms. The molecule has 0 unspecified atom stereocenters. The predicted octanol–water partition coefficient (Wildman–Crippen LogP) is 2.97. The van der Waals surface area contributed by atoms with Crippen LogP contribution in [0.1, 0.15) is 18.4 Å². The van der Waals surface area contributed by atoms with Crippen molar-refractivity contribution in [3.05, 3.63) is 73.0 Å². The Morgan fingerprint density at radius 2 is 1.93 bits per heavy atom. The lowest BCUT2D eigenvalue weighted by Crippen LogP contribution is -2.23. The van der Waals surface area contributed by atoms with E-state index in [4.69, 9.17) is 0 Å². The normalized spacial score (nSPS) is 15.1. The molecule has 4 aromatic rings. The summed E-state index contributed by atoms with van der Waals surface area (Å²) in [5, 5.41) is 11.3. The van der Waals surface area contributed by atoms with Crippen molar-refractivity contribution in [2.75, 3.05) is 18.0 Å². The van der Waals surface area contributed by atoms with Crippen molar-refractivity contribution < 1.29 is 4.92 Å². The Labute approximate surface area is 163 Å². The number of fused-ring (bicyclic) bond motifs is 3. The van der Waals surface area contributed by atoms with Gasteiger partial charge in [-0.25, -0.2) is 9.38 Å². The summed E-state index contributed by atoms with van der Waals surface area (Å²) in [5.74, 6) is 0. The van der Waals surface area contributed by atoms with Crippen molar-refractivity contribution in [2.24, 2.45) is 0 Å². The molecule has 1 fully saturated rings. The number of benzene rings is 2. The lowest BCUT2D eigenvalue weighted by atomic mass is 10.1. The van der Waals surface area contributed by atoms with Crippen LogP contribution in [0.5, 0.6) is 0 Å². The minimum Gasteiger partial charge on any atom is -0.371 e. The number of nitrogens with zero attached hydrogens (tertiary/aromatic N) is 4. The number of para-hydroxylation sites is 2. The van der Waals surface area contributed by atoms with E-state index in [1.165, 1.54) is 17.4 Å². The van der Waals surface area contributed by atoms with Crippen LogP contribution in [-0.4, -0.2) is 27.4 Å². The first-order valence-corrected chi connectivity index (χ1v) is 9.88. The second kappa shape index (κ2) is 6.42. The Hall–Kier alpha value is -3.26. The molecule has 0 bridgehead atoms. The molecule has 0 aliphatic carbocycles. The number of rotatable bonds is 3. The number of hydrogen-bond acceptors (Lipinski definition) is 6. The zero-order valence-corrected chi connectivity index (χ0v) is 15.7. The van der Waals surface area contributed by atoms with Crippen LogP contribution < -0.4 is 15.0 Å². The van der Waals surface area contributed by atoms with E-state index < -0.39 is 4.92 Å². The number of aromatic nitrogens is 2. The molecule has 0 amide bonds. The Kier molecular flexibility index (Phi) is 3.87. The van der Waals surface area contributed by atoms with E-state index in [-0.39, 0.29) is 11.2 Å². The average molecular weight is 392 g/mol. The molecule has 1 saturated heterocycles. The third-order valence-corrected chi connectivity index (χ3v) is 6.07. The second-order valence-electron chi connectivity index (χ2n) is 6.83. The van der Waals surface area contributed by atoms with Gasteiger partial charge in [0.05, 0.1) is 20.5 Å². The standard InChI is InChI=1S/C20H16N4O3S/c25-19-18(28-20-21-15-5-1-2-6-17(15)23(19)20)12-13-11-14(24(26)27)7-8-16(13)22-9-3-4-10-22/h1-2,5-8,11-12H,3-4,9-10H2/b18-12+. The van der Waals surface area contributed by atoms with Crippen LogP contribution >= 0.6 is 11.3 Å². The molecule has 5 rings (SSSR count). The SMILES string of the molecule is O=c1/c(=C\c2cc([N+](=O)[O-])ccc2N2CCCC2)sc2nc3ccccc3n12. The van der Waals surface area contributed by atoms with Crippen LogP contribution in [0.3, 0.4) is 0 Å². The van der Waals surface area contributed by atoms with Crippen LogP contribution in [0.4, 0.5) is 11.4 Å². The number of anilines is 1. The molecule has 2 aromatic heterocycles. The maximum atomic E-state index is 13.0. The maximum absolute atomic E-state index is 13.0. The van der Waals surface area contributed by atoms with E-state index in [1.807, 2.05) is 24.3 Å². The maximum Gasteiger partial charge on any atom is 0.274 e. The molecule has 0 N–H and O–H groups in total. The van der Waals surface area contributed by atoms with E-state index in [0.717, 1.165) is 42.7 Å². The molecule has 8 heteroatoms. The summed E-state index contributed by atoms with van der Waals surface area (Å²) >= 11 is 1.31. The molecular weight excluding hydrogens is 376 g/mol. The molecular formula is C20H16N4O3S. The third kappa shape index (κ3) is 2.65. The van der Waals surface area contributed by atoms with E-state index in [2.05, 4.69) is 9.88 Å². The lowest BCUT2D eigenvalue weighted by molar-refractivity contribution is -0.384. The molecule has 2 aromatic carbocycles. The minimum absolute atomic E-state index is 0.0217. The van der Waals surface area contributed by atoms with Gasteiger partial charge >= 0.3 is 0 Å². The van der Waals surface area contributed by atoms with Crippen LogP contribution in [0.25, 0.3) is 22.1 Å². The number of non-ortho nitro benzene ring substituents is 1. The van der Waals surface area contributed by atoms with Crippen molar-refractivity contribution in [1.82, 2.24) is 9.38 Å². The molecule has 0 spiro atoms. The van der Waals surface area contributed by atoms with E-state index in [1.54, 1.807) is 22.6 Å². The van der Waals surface area contributed by atoms with E-state index >= 15 is 0 Å². The zero-order chi connectivity index (χ0) is 19.3. The van der Waals surface area contributed by atoms with Gasteiger partial charge in [0.1, 0.15) is 0 Å². The summed E-state index contributed by atoms with van der Waals surface area (Å²) < 4.78 is 2.13. The van der Waals surface area contributed by atoms with Crippen molar-refractivity contribution in [3.8, 4) is 0 Å². The monoisotopic (exact) mass is 392 g/mol. The van der Waals surface area contributed by atoms with Crippen molar-refractivity contribution in [2.45, 2.75) is 12.8 Å².